The van der Waals surface area contributed by atoms with Gasteiger partial charge in [0.2, 0.25) is 6.23 Å². The Bertz CT molecular complexity index is 492. The molecule has 2 aliphatic rings. The van der Waals surface area contributed by atoms with Crippen molar-refractivity contribution in [1.82, 2.24) is 0 Å². The molecule has 2 aliphatic heterocycles. The predicted octanol–water partition coefficient (Wildman–Crippen LogP) is 1.09. The number of esters is 1. The summed E-state index contributed by atoms with van der Waals surface area (Å²) < 4.78 is 5.09. The van der Waals surface area contributed by atoms with Gasteiger partial charge in [0.15, 0.2) is 0 Å². The number of hydrogen-bond donors (Lipinski definition) is 0. The van der Waals surface area contributed by atoms with E-state index in [2.05, 4.69) is 0 Å². The van der Waals surface area contributed by atoms with Crippen LogP contribution in [-0.4, -0.2) is 18.1 Å². The lowest BCUT2D eigenvalue weighted by atomic mass is 10.1. The van der Waals surface area contributed by atoms with Gasteiger partial charge in [-0.05, 0) is 18.2 Å². The van der Waals surface area contributed by atoms with Crippen LogP contribution in [0, 0.1) is 0 Å². The number of para-hydroxylation sites is 1. The van der Waals surface area contributed by atoms with Crippen molar-refractivity contribution in [2.45, 2.75) is 6.23 Å². The zero-order valence-corrected chi connectivity index (χ0v) is 7.71. The highest BCUT2D eigenvalue weighted by atomic mass is 16.6. The average Bonchev–Trinajstić information content (AvgIpc) is 2.61. The van der Waals surface area contributed by atoms with Crippen molar-refractivity contribution < 1.29 is 14.3 Å². The first-order valence-corrected chi connectivity index (χ1v) is 4.59. The molecule has 0 saturated carbocycles. The molecule has 4 heteroatoms. The molecule has 1 aromatic rings. The first-order chi connectivity index (χ1) is 7.27. The number of carbonyl (C=O) groups excluding carboxylic acids is 2. The predicted molar refractivity (Wildman–Crippen MR) is 52.3 cm³/mol. The van der Waals surface area contributed by atoms with Gasteiger partial charge < -0.3 is 4.74 Å². The Balaban J connectivity index is 2.20. The second-order valence-electron chi connectivity index (χ2n) is 3.38. The number of rotatable bonds is 0. The number of hydrogen-bond acceptors (Lipinski definition) is 3. The van der Waals surface area contributed by atoms with Crippen LogP contribution in [0.15, 0.2) is 36.4 Å². The van der Waals surface area contributed by atoms with Crippen LogP contribution in [0.5, 0.6) is 0 Å². The Morgan fingerprint density at radius 1 is 1.20 bits per heavy atom. The Kier molecular flexibility index (Phi) is 1.48. The lowest BCUT2D eigenvalue weighted by Gasteiger charge is -2.30. The van der Waals surface area contributed by atoms with Crippen LogP contribution in [0.4, 0.5) is 5.69 Å². The first kappa shape index (κ1) is 8.23. The van der Waals surface area contributed by atoms with Gasteiger partial charge >= 0.3 is 5.97 Å². The second kappa shape index (κ2) is 2.70. The van der Waals surface area contributed by atoms with Crippen molar-refractivity contribution in [3.63, 3.8) is 0 Å². The molecule has 15 heavy (non-hydrogen) atoms. The average molecular weight is 201 g/mol. The highest BCUT2D eigenvalue weighted by Crippen LogP contribution is 2.32. The van der Waals surface area contributed by atoms with E-state index in [1.807, 2.05) is 0 Å². The lowest BCUT2D eigenvalue weighted by molar-refractivity contribution is -0.114. The van der Waals surface area contributed by atoms with Crippen molar-refractivity contribution in [2.75, 3.05) is 4.90 Å². The van der Waals surface area contributed by atoms with Crippen LogP contribution < -0.4 is 4.90 Å². The molecule has 3 rings (SSSR count). The minimum absolute atomic E-state index is 0.153. The second-order valence-corrected chi connectivity index (χ2v) is 3.38. The molecular weight excluding hydrogens is 194 g/mol. The quantitative estimate of drug-likeness (QED) is 0.590. The topological polar surface area (TPSA) is 46.6 Å². The highest BCUT2D eigenvalue weighted by Gasteiger charge is 2.37. The molecule has 0 aromatic heterocycles. The summed E-state index contributed by atoms with van der Waals surface area (Å²) in [6.45, 7) is 0. The highest BCUT2D eigenvalue weighted by molar-refractivity contribution is 6.11. The molecule has 2 heterocycles. The van der Waals surface area contributed by atoms with Crippen LogP contribution in [0.25, 0.3) is 0 Å². The van der Waals surface area contributed by atoms with Crippen LogP contribution in [0.1, 0.15) is 10.4 Å². The van der Waals surface area contributed by atoms with E-state index in [0.29, 0.717) is 11.3 Å². The molecule has 1 atom stereocenters. The summed E-state index contributed by atoms with van der Waals surface area (Å²) in [5.41, 5.74) is 1.06. The van der Waals surface area contributed by atoms with Gasteiger partial charge in [0.05, 0.1) is 11.3 Å². The minimum Gasteiger partial charge on any atom is -0.434 e. The molecule has 0 saturated heterocycles. The SMILES string of the molecule is O=C1OC2C=CC(=O)N2c2ccccc21. The van der Waals surface area contributed by atoms with E-state index in [1.165, 1.54) is 11.0 Å². The van der Waals surface area contributed by atoms with Crippen molar-refractivity contribution in [3.05, 3.63) is 42.0 Å². The molecule has 0 fully saturated rings. The number of ether oxygens (including phenoxy) is 1. The number of benzene rings is 1. The van der Waals surface area contributed by atoms with Crippen LogP contribution in [-0.2, 0) is 9.53 Å². The summed E-state index contributed by atoms with van der Waals surface area (Å²) in [6.07, 6.45) is 2.43. The fourth-order valence-electron chi connectivity index (χ4n) is 1.83. The normalized spacial score (nSPS) is 22.4. The van der Waals surface area contributed by atoms with Gasteiger partial charge in [0.1, 0.15) is 0 Å². The molecule has 1 aromatic carbocycles. The molecule has 0 spiro atoms. The molecular formula is C11H7NO3. The molecule has 0 radical (unpaired) electrons. The summed E-state index contributed by atoms with van der Waals surface area (Å²) in [6, 6.07) is 6.93. The van der Waals surface area contributed by atoms with E-state index < -0.39 is 6.23 Å². The molecule has 0 bridgehead atoms. The molecule has 4 nitrogen and oxygen atoms in total. The molecule has 1 amide bonds. The van der Waals surface area contributed by atoms with Gasteiger partial charge in [-0.3, -0.25) is 9.69 Å². The Morgan fingerprint density at radius 3 is 2.87 bits per heavy atom. The number of carbonyl (C=O) groups is 2. The number of anilines is 1. The Morgan fingerprint density at radius 2 is 2.00 bits per heavy atom. The summed E-state index contributed by atoms with van der Waals surface area (Å²) in [7, 11) is 0. The summed E-state index contributed by atoms with van der Waals surface area (Å²) in [4.78, 5) is 24.5. The standard InChI is InChI=1S/C11H7NO3/c13-9-5-6-10-12(9)8-4-2-1-3-7(8)11(14)15-10/h1-6,10H. The van der Waals surface area contributed by atoms with E-state index in [-0.39, 0.29) is 11.9 Å². The fourth-order valence-corrected chi connectivity index (χ4v) is 1.83. The summed E-state index contributed by atoms with van der Waals surface area (Å²) in [5.74, 6) is -0.536. The first-order valence-electron chi connectivity index (χ1n) is 4.59. The van der Waals surface area contributed by atoms with Gasteiger partial charge in [-0.25, -0.2) is 4.79 Å². The molecule has 0 aliphatic carbocycles. The van der Waals surface area contributed by atoms with E-state index in [9.17, 15) is 9.59 Å². The van der Waals surface area contributed by atoms with E-state index in [4.69, 9.17) is 4.74 Å². The molecule has 0 N–H and O–H groups in total. The summed E-state index contributed by atoms with van der Waals surface area (Å²) >= 11 is 0. The zero-order valence-electron chi connectivity index (χ0n) is 7.71. The van der Waals surface area contributed by atoms with Crippen LogP contribution in [0.2, 0.25) is 0 Å². The van der Waals surface area contributed by atoms with Crippen molar-refractivity contribution in [1.29, 1.82) is 0 Å². The lowest BCUT2D eigenvalue weighted by Crippen LogP contribution is -2.41. The number of nitrogens with zero attached hydrogens (tertiary/aromatic N) is 1. The largest absolute Gasteiger partial charge is 0.434 e. The third kappa shape index (κ3) is 1.01. The third-order valence-corrected chi connectivity index (χ3v) is 2.51. The van der Waals surface area contributed by atoms with Crippen molar-refractivity contribution in [3.8, 4) is 0 Å². The maximum Gasteiger partial charge on any atom is 0.342 e. The monoisotopic (exact) mass is 201 g/mol. The van der Waals surface area contributed by atoms with Crippen molar-refractivity contribution in [2.24, 2.45) is 0 Å². The van der Waals surface area contributed by atoms with Gasteiger partial charge in [0, 0.05) is 6.08 Å². The van der Waals surface area contributed by atoms with E-state index in [1.54, 1.807) is 30.3 Å². The van der Waals surface area contributed by atoms with Crippen LogP contribution >= 0.6 is 0 Å². The maximum absolute atomic E-state index is 11.5. The molecule has 1 unspecified atom stereocenters. The fraction of sp³-hybridized carbons (Fsp3) is 0.0909. The molecule has 74 valence electrons. The third-order valence-electron chi connectivity index (χ3n) is 2.51. The van der Waals surface area contributed by atoms with Gasteiger partial charge in [-0.1, -0.05) is 12.1 Å². The zero-order chi connectivity index (χ0) is 10.4. The van der Waals surface area contributed by atoms with Crippen molar-refractivity contribution >= 4 is 17.6 Å². The number of amides is 1. The van der Waals surface area contributed by atoms with E-state index in [0.717, 1.165) is 0 Å². The van der Waals surface area contributed by atoms with Crippen LogP contribution in [0.3, 0.4) is 0 Å². The Hall–Kier alpha value is -2.10. The maximum atomic E-state index is 11.5. The van der Waals surface area contributed by atoms with Gasteiger partial charge in [0.25, 0.3) is 5.91 Å². The minimum atomic E-state index is -0.570. The van der Waals surface area contributed by atoms with Gasteiger partial charge in [-0.15, -0.1) is 0 Å². The smallest absolute Gasteiger partial charge is 0.342 e. The number of fused-ring (bicyclic) bond motifs is 3. The van der Waals surface area contributed by atoms with Gasteiger partial charge in [-0.2, -0.15) is 0 Å². The summed E-state index contributed by atoms with van der Waals surface area (Å²) in [5, 5.41) is 0. The van der Waals surface area contributed by atoms with E-state index >= 15 is 0 Å². The Labute approximate surface area is 85.8 Å².